The Hall–Kier alpha value is -2.55. The quantitative estimate of drug-likeness (QED) is 0.796. The molecule has 1 amide bonds. The summed E-state index contributed by atoms with van der Waals surface area (Å²) >= 11 is 0. The number of carbonyl (C=O) groups excluding carboxylic acids is 2. The van der Waals surface area contributed by atoms with Crippen molar-refractivity contribution >= 4 is 11.9 Å². The number of methoxy groups -OCH3 is 1. The predicted octanol–water partition coefficient (Wildman–Crippen LogP) is 0.880. The highest BCUT2D eigenvalue weighted by molar-refractivity contribution is 5.96. The second-order valence-corrected chi connectivity index (χ2v) is 3.67. The van der Waals surface area contributed by atoms with E-state index in [2.05, 4.69) is 10.1 Å². The van der Waals surface area contributed by atoms with Crippen molar-refractivity contribution < 1.29 is 19.1 Å². The van der Waals surface area contributed by atoms with Gasteiger partial charge in [-0.25, -0.2) is 0 Å². The zero-order valence-electron chi connectivity index (χ0n) is 10.7. The molecule has 0 fully saturated rings. The van der Waals surface area contributed by atoms with Crippen molar-refractivity contribution in [3.05, 3.63) is 29.8 Å². The van der Waals surface area contributed by atoms with E-state index in [4.69, 9.17) is 10.00 Å². The molecule has 0 unspecified atom stereocenters. The van der Waals surface area contributed by atoms with Crippen LogP contribution in [-0.4, -0.2) is 31.6 Å². The Balaban J connectivity index is 2.47. The van der Waals surface area contributed by atoms with Gasteiger partial charge in [0.2, 0.25) is 0 Å². The number of esters is 1. The molecule has 0 saturated heterocycles. The third kappa shape index (κ3) is 4.68. The molecule has 1 aromatic carbocycles. The minimum absolute atomic E-state index is 0.281. The van der Waals surface area contributed by atoms with Gasteiger partial charge >= 0.3 is 5.97 Å². The van der Waals surface area contributed by atoms with Crippen LogP contribution in [0.5, 0.6) is 5.75 Å². The zero-order chi connectivity index (χ0) is 14.3. The topological polar surface area (TPSA) is 88.4 Å². The Kier molecular flexibility index (Phi) is 5.35. The van der Waals surface area contributed by atoms with Crippen LogP contribution in [0.1, 0.15) is 17.3 Å². The number of carbonyl (C=O) groups is 2. The van der Waals surface area contributed by atoms with Gasteiger partial charge in [0.1, 0.15) is 18.4 Å². The standard InChI is InChI=1S/C13H14N2O4/c1-9(7-14)19-12(16)8-15-13(17)10-3-5-11(18-2)6-4-10/h3-6,9H,8H2,1-2H3,(H,15,17)/t9-/m1/s1. The highest BCUT2D eigenvalue weighted by Gasteiger charge is 2.11. The lowest BCUT2D eigenvalue weighted by atomic mass is 10.2. The first-order valence-electron chi connectivity index (χ1n) is 5.58. The molecule has 1 rings (SSSR count). The van der Waals surface area contributed by atoms with Crippen LogP contribution in [0.3, 0.4) is 0 Å². The molecule has 0 aliphatic carbocycles. The Bertz CT molecular complexity index is 490. The van der Waals surface area contributed by atoms with E-state index in [0.29, 0.717) is 11.3 Å². The van der Waals surface area contributed by atoms with E-state index in [9.17, 15) is 9.59 Å². The SMILES string of the molecule is COc1ccc(C(=O)NCC(=O)O[C@H](C)C#N)cc1. The summed E-state index contributed by atoms with van der Waals surface area (Å²) in [5, 5.41) is 10.9. The molecule has 1 atom stereocenters. The molecule has 0 aromatic heterocycles. The normalized spacial score (nSPS) is 11.0. The average molecular weight is 262 g/mol. The Morgan fingerprint density at radius 1 is 1.37 bits per heavy atom. The van der Waals surface area contributed by atoms with Crippen LogP contribution < -0.4 is 10.1 Å². The number of hydrogen-bond acceptors (Lipinski definition) is 5. The van der Waals surface area contributed by atoms with Crippen LogP contribution in [0, 0.1) is 11.3 Å². The molecule has 1 N–H and O–H groups in total. The summed E-state index contributed by atoms with van der Waals surface area (Å²) in [6.07, 6.45) is -0.828. The molecule has 1 aromatic rings. The third-order valence-corrected chi connectivity index (χ3v) is 2.24. The van der Waals surface area contributed by atoms with Crippen LogP contribution in [0.15, 0.2) is 24.3 Å². The molecule has 6 nitrogen and oxygen atoms in total. The molecule has 6 heteroatoms. The number of rotatable bonds is 5. The maximum atomic E-state index is 11.7. The van der Waals surface area contributed by atoms with E-state index >= 15 is 0 Å². The van der Waals surface area contributed by atoms with Crippen molar-refractivity contribution in [2.45, 2.75) is 13.0 Å². The summed E-state index contributed by atoms with van der Waals surface area (Å²) in [5.41, 5.74) is 0.405. The predicted molar refractivity (Wildman–Crippen MR) is 66.5 cm³/mol. The number of nitrogens with one attached hydrogen (secondary N) is 1. The lowest BCUT2D eigenvalue weighted by Gasteiger charge is -2.07. The van der Waals surface area contributed by atoms with Gasteiger partial charge in [-0.1, -0.05) is 0 Å². The van der Waals surface area contributed by atoms with Gasteiger partial charge in [-0.15, -0.1) is 0 Å². The monoisotopic (exact) mass is 262 g/mol. The lowest BCUT2D eigenvalue weighted by molar-refractivity contribution is -0.144. The van der Waals surface area contributed by atoms with E-state index in [0.717, 1.165) is 0 Å². The fraction of sp³-hybridized carbons (Fsp3) is 0.308. The molecular weight excluding hydrogens is 248 g/mol. The van der Waals surface area contributed by atoms with Crippen molar-refractivity contribution in [3.63, 3.8) is 0 Å². The fourth-order valence-electron chi connectivity index (χ4n) is 1.26. The van der Waals surface area contributed by atoms with Crippen molar-refractivity contribution in [2.24, 2.45) is 0 Å². The van der Waals surface area contributed by atoms with Gasteiger partial charge in [-0.2, -0.15) is 5.26 Å². The smallest absolute Gasteiger partial charge is 0.326 e. The summed E-state index contributed by atoms with van der Waals surface area (Å²) in [5.74, 6) is -0.418. The molecule has 100 valence electrons. The van der Waals surface area contributed by atoms with Crippen LogP contribution in [0.4, 0.5) is 0 Å². The number of hydrogen-bond donors (Lipinski definition) is 1. The van der Waals surface area contributed by atoms with Crippen LogP contribution in [0.25, 0.3) is 0 Å². The minimum Gasteiger partial charge on any atom is -0.497 e. The molecule has 0 aliphatic rings. The summed E-state index contributed by atoms with van der Waals surface area (Å²) < 4.78 is 9.65. The molecule has 0 bridgehead atoms. The van der Waals surface area contributed by atoms with E-state index in [-0.39, 0.29) is 6.54 Å². The lowest BCUT2D eigenvalue weighted by Crippen LogP contribution is -2.31. The maximum Gasteiger partial charge on any atom is 0.326 e. The summed E-state index contributed by atoms with van der Waals surface area (Å²) in [7, 11) is 1.53. The molecule has 0 aliphatic heterocycles. The highest BCUT2D eigenvalue weighted by Crippen LogP contribution is 2.10. The zero-order valence-corrected chi connectivity index (χ0v) is 10.7. The third-order valence-electron chi connectivity index (χ3n) is 2.24. The summed E-state index contributed by atoms with van der Waals surface area (Å²) in [6, 6.07) is 8.21. The molecule has 0 heterocycles. The number of nitrogens with zero attached hydrogens (tertiary/aromatic N) is 1. The molecule has 19 heavy (non-hydrogen) atoms. The van der Waals surface area contributed by atoms with Gasteiger partial charge in [-0.05, 0) is 31.2 Å². The minimum atomic E-state index is -0.828. The first-order chi connectivity index (χ1) is 9.06. The van der Waals surface area contributed by atoms with Crippen molar-refractivity contribution in [3.8, 4) is 11.8 Å². The summed E-state index contributed by atoms with van der Waals surface area (Å²) in [4.78, 5) is 22.9. The number of amides is 1. The molecule has 0 radical (unpaired) electrons. The van der Waals surface area contributed by atoms with E-state index in [1.54, 1.807) is 30.3 Å². The average Bonchev–Trinajstić information content (AvgIpc) is 2.44. The number of ether oxygens (including phenoxy) is 2. The van der Waals surface area contributed by atoms with Crippen LogP contribution in [0.2, 0.25) is 0 Å². The van der Waals surface area contributed by atoms with Crippen LogP contribution >= 0.6 is 0 Å². The van der Waals surface area contributed by atoms with Gasteiger partial charge in [0.05, 0.1) is 7.11 Å². The molecule has 0 saturated carbocycles. The number of nitriles is 1. The van der Waals surface area contributed by atoms with E-state index in [1.165, 1.54) is 14.0 Å². The fourth-order valence-corrected chi connectivity index (χ4v) is 1.26. The van der Waals surface area contributed by atoms with E-state index < -0.39 is 18.0 Å². The Morgan fingerprint density at radius 2 is 2.00 bits per heavy atom. The second-order valence-electron chi connectivity index (χ2n) is 3.67. The number of benzene rings is 1. The van der Waals surface area contributed by atoms with Gasteiger partial charge in [0, 0.05) is 5.56 Å². The molecule has 0 spiro atoms. The Morgan fingerprint density at radius 3 is 2.53 bits per heavy atom. The van der Waals surface area contributed by atoms with Gasteiger partial charge < -0.3 is 14.8 Å². The van der Waals surface area contributed by atoms with Crippen LogP contribution in [-0.2, 0) is 9.53 Å². The van der Waals surface area contributed by atoms with Gasteiger partial charge in [-0.3, -0.25) is 9.59 Å². The largest absolute Gasteiger partial charge is 0.497 e. The summed E-state index contributed by atoms with van der Waals surface area (Å²) in [6.45, 7) is 1.17. The van der Waals surface area contributed by atoms with Crippen molar-refractivity contribution in [1.29, 1.82) is 5.26 Å². The van der Waals surface area contributed by atoms with Crippen molar-refractivity contribution in [1.82, 2.24) is 5.32 Å². The first kappa shape index (κ1) is 14.5. The van der Waals surface area contributed by atoms with Gasteiger partial charge in [0.15, 0.2) is 6.10 Å². The maximum absolute atomic E-state index is 11.7. The Labute approximate surface area is 110 Å². The first-order valence-corrected chi connectivity index (χ1v) is 5.58. The van der Waals surface area contributed by atoms with E-state index in [1.807, 2.05) is 0 Å². The second kappa shape index (κ2) is 7.01. The van der Waals surface area contributed by atoms with Crippen molar-refractivity contribution in [2.75, 3.05) is 13.7 Å². The van der Waals surface area contributed by atoms with Gasteiger partial charge in [0.25, 0.3) is 5.91 Å². The molecular formula is C13H14N2O4. The highest BCUT2D eigenvalue weighted by atomic mass is 16.5.